The molecule has 4 rings (SSSR count). The van der Waals surface area contributed by atoms with Crippen molar-refractivity contribution in [1.29, 1.82) is 0 Å². The fraction of sp³-hybridized carbons (Fsp3) is 0.261. The molecule has 1 N–H and O–H groups in total. The number of rotatable bonds is 9. The molecule has 2 aromatic heterocycles. The van der Waals surface area contributed by atoms with Gasteiger partial charge < -0.3 is 9.84 Å². The number of ether oxygens (including phenoxy) is 1. The maximum absolute atomic E-state index is 14.8. The van der Waals surface area contributed by atoms with Gasteiger partial charge in [-0.15, -0.1) is 0 Å². The van der Waals surface area contributed by atoms with Crippen LogP contribution in [0.1, 0.15) is 18.5 Å². The molecule has 4 aromatic rings. The Balaban J connectivity index is 1.67. The fourth-order valence-electron chi connectivity index (χ4n) is 3.80. The summed E-state index contributed by atoms with van der Waals surface area (Å²) in [5.41, 5.74) is -2.42. The van der Waals surface area contributed by atoms with Gasteiger partial charge in [-0.1, -0.05) is 18.2 Å². The van der Waals surface area contributed by atoms with Gasteiger partial charge in [0.1, 0.15) is 29.8 Å². The summed E-state index contributed by atoms with van der Waals surface area (Å²) in [6.45, 7) is 1.30. The zero-order valence-electron chi connectivity index (χ0n) is 18.7. The number of hydrogen-bond acceptors (Lipinski definition) is 5. The van der Waals surface area contributed by atoms with Crippen LogP contribution in [-0.2, 0) is 12.1 Å². The van der Waals surface area contributed by atoms with E-state index in [9.17, 15) is 31.9 Å². The maximum Gasteiger partial charge on any atom is 0.461 e. The van der Waals surface area contributed by atoms with Crippen molar-refractivity contribution in [3.05, 3.63) is 95.4 Å². The minimum absolute atomic E-state index is 0.0610. The molecule has 36 heavy (non-hydrogen) atoms. The van der Waals surface area contributed by atoms with E-state index in [1.807, 2.05) is 0 Å². The van der Waals surface area contributed by atoms with E-state index < -0.39 is 41.4 Å². The van der Waals surface area contributed by atoms with Gasteiger partial charge in [0, 0.05) is 18.0 Å². The Labute approximate surface area is 200 Å². The van der Waals surface area contributed by atoms with Crippen molar-refractivity contribution in [2.24, 2.45) is 0 Å². The molecule has 2 aromatic carbocycles. The van der Waals surface area contributed by atoms with E-state index >= 15 is 0 Å². The van der Waals surface area contributed by atoms with Crippen LogP contribution >= 0.6 is 0 Å². The molecule has 0 amide bonds. The first kappa shape index (κ1) is 25.1. The van der Waals surface area contributed by atoms with Gasteiger partial charge in [-0.2, -0.15) is 22.7 Å². The average Bonchev–Trinajstić information content (AvgIpc) is 3.48. The highest BCUT2D eigenvalue weighted by Crippen LogP contribution is 2.36. The number of aromatic nitrogens is 5. The van der Waals surface area contributed by atoms with E-state index in [0.29, 0.717) is 0 Å². The minimum Gasteiger partial charge on any atom is -0.428 e. The fourth-order valence-corrected chi connectivity index (χ4v) is 3.80. The molecule has 0 saturated carbocycles. The number of hydrogen-bond donors (Lipinski definition) is 1. The van der Waals surface area contributed by atoms with E-state index in [1.165, 1.54) is 71.6 Å². The van der Waals surface area contributed by atoms with Gasteiger partial charge in [-0.3, -0.25) is 9.13 Å². The van der Waals surface area contributed by atoms with Crippen LogP contribution in [0.5, 0.6) is 5.75 Å². The van der Waals surface area contributed by atoms with Crippen LogP contribution in [0.15, 0.2) is 78.4 Å². The Morgan fingerprint density at radius 2 is 1.78 bits per heavy atom. The Bertz CT molecular complexity index is 1370. The predicted molar refractivity (Wildman–Crippen MR) is 117 cm³/mol. The molecule has 0 bridgehead atoms. The molecule has 2 heterocycles. The van der Waals surface area contributed by atoms with Crippen molar-refractivity contribution in [2.75, 3.05) is 0 Å². The summed E-state index contributed by atoms with van der Waals surface area (Å²) in [4.78, 5) is 17.0. The first-order chi connectivity index (χ1) is 17.0. The van der Waals surface area contributed by atoms with Crippen LogP contribution in [0.25, 0.3) is 5.69 Å². The van der Waals surface area contributed by atoms with Gasteiger partial charge >= 0.3 is 18.2 Å². The molecule has 8 nitrogen and oxygen atoms in total. The second-order valence-electron chi connectivity index (χ2n) is 7.99. The molecule has 0 aliphatic heterocycles. The largest absolute Gasteiger partial charge is 0.461 e. The second-order valence-corrected chi connectivity index (χ2v) is 7.99. The Hall–Kier alpha value is -4.00. The lowest BCUT2D eigenvalue weighted by Gasteiger charge is -2.35. The summed E-state index contributed by atoms with van der Waals surface area (Å²) in [6.07, 6.45) is -3.36. The monoisotopic (exact) mass is 509 g/mol. The van der Waals surface area contributed by atoms with Gasteiger partial charge in [0.2, 0.25) is 0 Å². The summed E-state index contributed by atoms with van der Waals surface area (Å²) in [6, 6.07) is 9.07. The first-order valence-corrected chi connectivity index (χ1v) is 10.6. The second kappa shape index (κ2) is 9.57. The molecular formula is C23H20F5N5O3. The van der Waals surface area contributed by atoms with Crippen LogP contribution in [0.4, 0.5) is 22.0 Å². The van der Waals surface area contributed by atoms with Gasteiger partial charge in [0.25, 0.3) is 0 Å². The molecule has 0 aliphatic rings. The van der Waals surface area contributed by atoms with Gasteiger partial charge in [0.15, 0.2) is 0 Å². The van der Waals surface area contributed by atoms with Crippen LogP contribution in [0, 0.1) is 5.82 Å². The van der Waals surface area contributed by atoms with Crippen molar-refractivity contribution in [1.82, 2.24) is 23.9 Å². The molecule has 0 radical (unpaired) electrons. The zero-order valence-corrected chi connectivity index (χ0v) is 18.7. The zero-order chi connectivity index (χ0) is 26.1. The molecule has 0 unspecified atom stereocenters. The van der Waals surface area contributed by atoms with Crippen LogP contribution in [-0.4, -0.2) is 41.5 Å². The van der Waals surface area contributed by atoms with Crippen molar-refractivity contribution < 1.29 is 31.8 Å². The lowest BCUT2D eigenvalue weighted by molar-refractivity contribution is -0.253. The third-order valence-electron chi connectivity index (χ3n) is 5.74. The molecule has 0 aliphatic carbocycles. The molecule has 0 fully saturated rings. The lowest BCUT2D eigenvalue weighted by Crippen LogP contribution is -2.43. The minimum atomic E-state index is -4.67. The Morgan fingerprint density at radius 3 is 2.39 bits per heavy atom. The predicted octanol–water partition coefficient (Wildman–Crippen LogP) is 3.76. The molecule has 2 atom stereocenters. The van der Waals surface area contributed by atoms with Crippen LogP contribution < -0.4 is 10.4 Å². The highest BCUT2D eigenvalue weighted by atomic mass is 19.3. The van der Waals surface area contributed by atoms with E-state index in [1.54, 1.807) is 6.07 Å². The summed E-state index contributed by atoms with van der Waals surface area (Å²) < 4.78 is 73.4. The third kappa shape index (κ3) is 4.73. The number of benzene rings is 2. The standard InChI is InChI=1S/C23H20F5N5O3/c1-15(22(35,12-31-14-29-13-30-31)18-4-2-3-5-19(18)24)32-10-11-33(21(32)34)16-6-8-17(9-7-16)36-23(27,28)20(25)26/h2-11,13-15,20,35H,12H2,1H3/t15-,22+/m1/s1. The first-order valence-electron chi connectivity index (χ1n) is 10.6. The SMILES string of the molecule is C[C@@H](n1ccn(-c2ccc(OC(F)(F)C(F)F)cc2)c1=O)[C@@](O)(Cn1cncn1)c1ccccc1F. The molecular weight excluding hydrogens is 489 g/mol. The van der Waals surface area contributed by atoms with Gasteiger partial charge in [-0.05, 0) is 37.3 Å². The number of alkyl halides is 4. The average molecular weight is 509 g/mol. The van der Waals surface area contributed by atoms with E-state index in [2.05, 4.69) is 14.8 Å². The van der Waals surface area contributed by atoms with Crippen LogP contribution in [0.2, 0.25) is 0 Å². The molecule has 13 heteroatoms. The smallest absolute Gasteiger partial charge is 0.428 e. The number of imidazole rings is 1. The topological polar surface area (TPSA) is 87.1 Å². The number of nitrogens with zero attached hydrogens (tertiary/aromatic N) is 5. The highest BCUT2D eigenvalue weighted by Gasteiger charge is 2.44. The van der Waals surface area contributed by atoms with E-state index in [4.69, 9.17) is 0 Å². The van der Waals surface area contributed by atoms with Crippen molar-refractivity contribution in [3.8, 4) is 11.4 Å². The summed E-state index contributed by atoms with van der Waals surface area (Å²) in [5, 5.41) is 15.7. The lowest BCUT2D eigenvalue weighted by atomic mass is 9.86. The molecule has 0 spiro atoms. The third-order valence-corrected chi connectivity index (χ3v) is 5.74. The summed E-state index contributed by atoms with van der Waals surface area (Å²) >= 11 is 0. The number of aliphatic hydroxyl groups is 1. The van der Waals surface area contributed by atoms with Crippen LogP contribution in [0.3, 0.4) is 0 Å². The number of halogens is 5. The van der Waals surface area contributed by atoms with Gasteiger partial charge in [-0.25, -0.2) is 18.9 Å². The summed E-state index contributed by atoms with van der Waals surface area (Å²) in [7, 11) is 0. The Morgan fingerprint density at radius 1 is 1.08 bits per heavy atom. The normalized spacial score (nSPS) is 14.6. The van der Waals surface area contributed by atoms with E-state index in [-0.39, 0.29) is 17.8 Å². The Kier molecular flexibility index (Phi) is 6.67. The van der Waals surface area contributed by atoms with Crippen molar-refractivity contribution in [3.63, 3.8) is 0 Å². The van der Waals surface area contributed by atoms with Gasteiger partial charge in [0.05, 0.1) is 18.3 Å². The quantitative estimate of drug-likeness (QED) is 0.348. The van der Waals surface area contributed by atoms with Crippen molar-refractivity contribution in [2.45, 2.75) is 37.6 Å². The van der Waals surface area contributed by atoms with Crippen molar-refractivity contribution >= 4 is 0 Å². The summed E-state index contributed by atoms with van der Waals surface area (Å²) in [5.74, 6) is -1.21. The maximum atomic E-state index is 14.8. The van der Waals surface area contributed by atoms with E-state index in [0.717, 1.165) is 16.7 Å². The highest BCUT2D eigenvalue weighted by molar-refractivity contribution is 5.37. The molecule has 190 valence electrons. The molecule has 0 saturated heterocycles.